The van der Waals surface area contributed by atoms with Gasteiger partial charge in [0.2, 0.25) is 0 Å². The van der Waals surface area contributed by atoms with E-state index in [-0.39, 0.29) is 5.50 Å². The average Bonchev–Trinajstić information content (AvgIpc) is 3.65. The smallest absolute Gasteiger partial charge is 0.372 e. The Bertz CT molecular complexity index is 1240. The summed E-state index contributed by atoms with van der Waals surface area (Å²) in [5.41, 5.74) is 4.23. The Morgan fingerprint density at radius 1 is 0.821 bits per heavy atom. The van der Waals surface area contributed by atoms with Gasteiger partial charge < -0.3 is 14.7 Å². The summed E-state index contributed by atoms with van der Waals surface area (Å²) in [6.45, 7) is 14.4. The molecule has 0 amide bonds. The van der Waals surface area contributed by atoms with Crippen LogP contribution in [0.2, 0.25) is 0 Å². The summed E-state index contributed by atoms with van der Waals surface area (Å²) in [6, 6.07) is 16.8. The number of thioether (sulfide) groups is 1. The number of thiazole rings is 1. The zero-order chi connectivity index (χ0) is 27.5. The highest BCUT2D eigenvalue weighted by atomic mass is 32.2. The minimum Gasteiger partial charge on any atom is -0.372 e. The Hall–Kier alpha value is -3.24. The van der Waals surface area contributed by atoms with Crippen LogP contribution in [-0.2, 0) is 6.54 Å². The number of anilines is 2. The molecular formula is C29H39N8S2+. The fourth-order valence-electron chi connectivity index (χ4n) is 4.38. The quantitative estimate of drug-likeness (QED) is 0.147. The lowest BCUT2D eigenvalue weighted by molar-refractivity contribution is -0.676. The van der Waals surface area contributed by atoms with Gasteiger partial charge >= 0.3 is 5.13 Å². The standard InChI is InChI=1S/C29H39N8S2/c1-5-34(26-14-10-24(11-15-26)30-32-28-36(7-3)20-22-38-28)18-9-19-35(6-2)27-16-12-25(13-17-27)31-33-29-37(8-4)21-23-39-29/h10-17,20-23,28H,5-9,18-19H2,1-4H3/q+1. The van der Waals surface area contributed by atoms with E-state index in [1.807, 2.05) is 23.7 Å². The molecule has 2 aromatic carbocycles. The van der Waals surface area contributed by atoms with Crippen LogP contribution in [-0.4, -0.2) is 43.1 Å². The summed E-state index contributed by atoms with van der Waals surface area (Å²) in [4.78, 5) is 7.01. The lowest BCUT2D eigenvalue weighted by Crippen LogP contribution is -2.30. The van der Waals surface area contributed by atoms with Crippen LogP contribution in [0.25, 0.3) is 0 Å². The zero-order valence-corrected chi connectivity index (χ0v) is 25.0. The van der Waals surface area contributed by atoms with Gasteiger partial charge in [-0.25, -0.2) is 4.57 Å². The number of aromatic nitrogens is 1. The van der Waals surface area contributed by atoms with Gasteiger partial charge in [0.15, 0.2) is 5.50 Å². The SMILES string of the molecule is CCN(CCCN(CC)c1ccc(N=NC2SC=CN2CC)cc1)c1ccc(N=Nc2scc[n+]2CC)cc1. The third-order valence-electron chi connectivity index (χ3n) is 6.67. The number of azo groups is 2. The van der Waals surface area contributed by atoms with Crippen LogP contribution in [0.5, 0.6) is 0 Å². The second-order valence-electron chi connectivity index (χ2n) is 9.01. The molecule has 4 rings (SSSR count). The Balaban J connectivity index is 1.28. The van der Waals surface area contributed by atoms with E-state index < -0.39 is 0 Å². The molecule has 206 valence electrons. The van der Waals surface area contributed by atoms with Crippen molar-refractivity contribution in [2.75, 3.05) is 42.5 Å². The molecule has 0 saturated heterocycles. The van der Waals surface area contributed by atoms with E-state index in [0.29, 0.717) is 0 Å². The van der Waals surface area contributed by atoms with Crippen molar-refractivity contribution in [3.05, 3.63) is 71.7 Å². The summed E-state index contributed by atoms with van der Waals surface area (Å²) >= 11 is 3.29. The first-order valence-corrected chi connectivity index (χ1v) is 15.5. The van der Waals surface area contributed by atoms with Crippen LogP contribution in [0.3, 0.4) is 0 Å². The maximum atomic E-state index is 4.50. The van der Waals surface area contributed by atoms with Gasteiger partial charge in [-0.2, -0.15) is 10.2 Å². The van der Waals surface area contributed by atoms with Crippen molar-refractivity contribution < 1.29 is 4.57 Å². The third kappa shape index (κ3) is 7.89. The molecule has 0 spiro atoms. The minimum absolute atomic E-state index is 0.0447. The summed E-state index contributed by atoms with van der Waals surface area (Å²) < 4.78 is 2.09. The molecule has 0 aliphatic carbocycles. The van der Waals surface area contributed by atoms with E-state index in [2.05, 4.69) is 115 Å². The number of rotatable bonds is 14. The maximum Gasteiger partial charge on any atom is 0.408 e. The van der Waals surface area contributed by atoms with Crippen molar-refractivity contribution in [1.82, 2.24) is 4.90 Å². The molecule has 0 radical (unpaired) electrons. The number of aryl methyl sites for hydroxylation is 1. The molecule has 0 N–H and O–H groups in total. The maximum absolute atomic E-state index is 4.50. The van der Waals surface area contributed by atoms with Gasteiger partial charge in [0.1, 0.15) is 11.9 Å². The Morgan fingerprint density at radius 3 is 2.00 bits per heavy atom. The van der Waals surface area contributed by atoms with Gasteiger partial charge in [-0.05, 0) is 105 Å². The molecule has 0 bridgehead atoms. The molecule has 0 saturated carbocycles. The van der Waals surface area contributed by atoms with Crippen molar-refractivity contribution in [1.29, 1.82) is 0 Å². The molecule has 0 fully saturated rings. The van der Waals surface area contributed by atoms with Crippen molar-refractivity contribution in [3.63, 3.8) is 0 Å². The summed E-state index contributed by atoms with van der Waals surface area (Å²) in [5.74, 6) is 0. The number of hydrogen-bond acceptors (Lipinski definition) is 9. The molecule has 1 aliphatic heterocycles. The molecule has 1 atom stereocenters. The van der Waals surface area contributed by atoms with Crippen LogP contribution in [0.4, 0.5) is 27.9 Å². The van der Waals surface area contributed by atoms with E-state index in [4.69, 9.17) is 0 Å². The molecular weight excluding hydrogens is 525 g/mol. The fraction of sp³-hybridized carbons (Fsp3) is 0.414. The highest BCUT2D eigenvalue weighted by molar-refractivity contribution is 8.02. The molecule has 3 aromatic rings. The Labute approximate surface area is 240 Å². The first-order valence-electron chi connectivity index (χ1n) is 13.7. The van der Waals surface area contributed by atoms with Gasteiger partial charge in [0.25, 0.3) is 0 Å². The predicted molar refractivity (Wildman–Crippen MR) is 165 cm³/mol. The van der Waals surface area contributed by atoms with E-state index >= 15 is 0 Å². The summed E-state index contributed by atoms with van der Waals surface area (Å²) in [7, 11) is 0. The van der Waals surface area contributed by atoms with Crippen LogP contribution in [0, 0.1) is 0 Å². The molecule has 1 aliphatic rings. The second-order valence-corrected chi connectivity index (χ2v) is 10.8. The van der Waals surface area contributed by atoms with Crippen LogP contribution in [0.1, 0.15) is 34.1 Å². The lowest BCUT2D eigenvalue weighted by Gasteiger charge is -2.27. The number of nitrogens with zero attached hydrogens (tertiary/aromatic N) is 8. The monoisotopic (exact) mass is 563 g/mol. The van der Waals surface area contributed by atoms with Crippen molar-refractivity contribution in [2.45, 2.75) is 46.2 Å². The molecule has 10 heteroatoms. The van der Waals surface area contributed by atoms with E-state index in [1.54, 1.807) is 23.1 Å². The van der Waals surface area contributed by atoms with Crippen LogP contribution >= 0.6 is 23.1 Å². The lowest BCUT2D eigenvalue weighted by atomic mass is 10.2. The topological polar surface area (TPSA) is 63.0 Å². The van der Waals surface area contributed by atoms with Gasteiger partial charge in [-0.3, -0.25) is 0 Å². The third-order valence-corrected chi connectivity index (χ3v) is 8.35. The molecule has 1 aromatic heterocycles. The van der Waals surface area contributed by atoms with Crippen molar-refractivity contribution >= 4 is 51.0 Å². The van der Waals surface area contributed by atoms with Crippen molar-refractivity contribution in [2.24, 2.45) is 20.5 Å². The Morgan fingerprint density at radius 2 is 1.44 bits per heavy atom. The van der Waals surface area contributed by atoms with Crippen molar-refractivity contribution in [3.8, 4) is 0 Å². The Kier molecular flexibility index (Phi) is 10.9. The summed E-state index contributed by atoms with van der Waals surface area (Å²) in [6.07, 6.45) is 5.18. The average molecular weight is 564 g/mol. The van der Waals surface area contributed by atoms with E-state index in [9.17, 15) is 0 Å². The number of benzene rings is 2. The van der Waals surface area contributed by atoms with Crippen LogP contribution < -0.4 is 14.4 Å². The highest BCUT2D eigenvalue weighted by Gasteiger charge is 2.17. The van der Waals surface area contributed by atoms with Gasteiger partial charge in [0.05, 0.1) is 17.3 Å². The van der Waals surface area contributed by atoms with Gasteiger partial charge in [-0.1, -0.05) is 11.8 Å². The van der Waals surface area contributed by atoms with E-state index in [1.165, 1.54) is 11.4 Å². The number of hydrogen-bond donors (Lipinski definition) is 0. The zero-order valence-electron chi connectivity index (χ0n) is 23.3. The minimum atomic E-state index is 0.0447. The highest BCUT2D eigenvalue weighted by Crippen LogP contribution is 2.28. The van der Waals surface area contributed by atoms with Crippen LogP contribution in [0.15, 0.2) is 92.2 Å². The second kappa shape index (κ2) is 14.8. The first kappa shape index (κ1) is 28.8. The molecule has 2 heterocycles. The summed E-state index contributed by atoms with van der Waals surface area (Å²) in [5, 5.41) is 22.8. The van der Waals surface area contributed by atoms with Gasteiger partial charge in [0, 0.05) is 55.7 Å². The molecule has 39 heavy (non-hydrogen) atoms. The normalized spacial score (nSPS) is 15.2. The molecule has 1 unspecified atom stereocenters. The largest absolute Gasteiger partial charge is 0.408 e. The molecule has 8 nitrogen and oxygen atoms in total. The van der Waals surface area contributed by atoms with E-state index in [0.717, 1.165) is 62.2 Å². The fourth-order valence-corrected chi connectivity index (χ4v) is 5.96. The van der Waals surface area contributed by atoms with Gasteiger partial charge in [-0.15, -0.1) is 0 Å². The first-order chi connectivity index (χ1) is 19.1. The predicted octanol–water partition coefficient (Wildman–Crippen LogP) is 8.12.